The Morgan fingerprint density at radius 2 is 2.05 bits per heavy atom. The van der Waals surface area contributed by atoms with Crippen molar-refractivity contribution >= 4 is 41.3 Å². The molecule has 1 rings (SSSR count). The van der Waals surface area contributed by atoms with Crippen LogP contribution >= 0.6 is 35.3 Å². The zero-order valence-corrected chi connectivity index (χ0v) is 15.3. The normalized spacial score (nSPS) is 11.3. The van der Waals surface area contributed by atoms with Crippen molar-refractivity contribution in [3.63, 3.8) is 0 Å². The number of nitrogens with one attached hydrogen (secondary N) is 2. The number of thiazole rings is 1. The highest BCUT2D eigenvalue weighted by atomic mass is 127. The average molecular weight is 396 g/mol. The van der Waals surface area contributed by atoms with Crippen molar-refractivity contribution in [1.82, 2.24) is 15.6 Å². The van der Waals surface area contributed by atoms with Gasteiger partial charge in [0.25, 0.3) is 0 Å². The second kappa shape index (κ2) is 10.4. The quantitative estimate of drug-likeness (QED) is 0.442. The van der Waals surface area contributed by atoms with E-state index in [4.69, 9.17) is 0 Å². The fraction of sp³-hybridized carbons (Fsp3) is 0.692. The molecule has 1 aromatic rings. The van der Waals surface area contributed by atoms with Gasteiger partial charge in [-0.1, -0.05) is 20.8 Å². The smallest absolute Gasteiger partial charge is 0.190 e. The SMILES string of the molecule is CCCNC(=NC)NCCc1csc(C(C)C)n1.I. The summed E-state index contributed by atoms with van der Waals surface area (Å²) in [5.41, 5.74) is 1.17. The number of hydrogen-bond acceptors (Lipinski definition) is 3. The molecular formula is C13H25IN4S. The number of aromatic nitrogens is 1. The first-order valence-corrected chi connectivity index (χ1v) is 7.44. The molecule has 0 aliphatic carbocycles. The molecule has 0 amide bonds. The first kappa shape index (κ1) is 18.6. The minimum absolute atomic E-state index is 0. The molecule has 1 aromatic heterocycles. The van der Waals surface area contributed by atoms with E-state index in [1.807, 2.05) is 0 Å². The lowest BCUT2D eigenvalue weighted by Crippen LogP contribution is -2.38. The lowest BCUT2D eigenvalue weighted by Gasteiger charge is -2.10. The molecule has 0 bridgehead atoms. The van der Waals surface area contributed by atoms with E-state index in [0.29, 0.717) is 5.92 Å². The molecule has 4 nitrogen and oxygen atoms in total. The minimum atomic E-state index is 0. The van der Waals surface area contributed by atoms with Gasteiger partial charge in [0.05, 0.1) is 10.7 Å². The Labute approximate surface area is 137 Å². The van der Waals surface area contributed by atoms with E-state index in [2.05, 4.69) is 46.8 Å². The van der Waals surface area contributed by atoms with Gasteiger partial charge in [0.15, 0.2) is 5.96 Å². The van der Waals surface area contributed by atoms with Crippen molar-refractivity contribution in [3.8, 4) is 0 Å². The maximum absolute atomic E-state index is 4.61. The lowest BCUT2D eigenvalue weighted by molar-refractivity contribution is 0.763. The highest BCUT2D eigenvalue weighted by Crippen LogP contribution is 2.19. The molecule has 0 aromatic carbocycles. The number of hydrogen-bond donors (Lipinski definition) is 2. The van der Waals surface area contributed by atoms with Crippen molar-refractivity contribution in [2.45, 2.75) is 39.5 Å². The van der Waals surface area contributed by atoms with E-state index < -0.39 is 0 Å². The highest BCUT2D eigenvalue weighted by molar-refractivity contribution is 14.0. The summed E-state index contributed by atoms with van der Waals surface area (Å²) in [6.07, 6.45) is 2.04. The summed E-state index contributed by atoms with van der Waals surface area (Å²) in [7, 11) is 1.80. The molecule has 0 unspecified atom stereocenters. The Bertz CT molecular complexity index is 376. The standard InChI is InChI=1S/C13H24N4S.HI/c1-5-7-15-13(14-4)16-8-6-11-9-18-12(17-11)10(2)3;/h9-10H,5-8H2,1-4H3,(H2,14,15,16);1H. The van der Waals surface area contributed by atoms with Crippen LogP contribution < -0.4 is 10.6 Å². The van der Waals surface area contributed by atoms with E-state index >= 15 is 0 Å². The van der Waals surface area contributed by atoms with E-state index in [1.165, 1.54) is 10.7 Å². The largest absolute Gasteiger partial charge is 0.356 e. The number of halogens is 1. The van der Waals surface area contributed by atoms with Crippen LogP contribution in [0.3, 0.4) is 0 Å². The van der Waals surface area contributed by atoms with Gasteiger partial charge in [-0.2, -0.15) is 0 Å². The highest BCUT2D eigenvalue weighted by Gasteiger charge is 2.05. The zero-order valence-electron chi connectivity index (χ0n) is 12.2. The molecule has 0 saturated carbocycles. The Morgan fingerprint density at radius 1 is 1.37 bits per heavy atom. The fourth-order valence-electron chi connectivity index (χ4n) is 1.48. The fourth-order valence-corrected chi connectivity index (χ4v) is 2.35. The van der Waals surface area contributed by atoms with Crippen LogP contribution in [0.1, 0.15) is 43.8 Å². The van der Waals surface area contributed by atoms with E-state index in [9.17, 15) is 0 Å². The molecule has 0 fully saturated rings. The van der Waals surface area contributed by atoms with Crippen molar-refractivity contribution in [2.75, 3.05) is 20.1 Å². The molecule has 0 radical (unpaired) electrons. The van der Waals surface area contributed by atoms with Crippen molar-refractivity contribution in [1.29, 1.82) is 0 Å². The first-order chi connectivity index (χ1) is 8.67. The molecule has 0 aliphatic rings. The van der Waals surface area contributed by atoms with Crippen LogP contribution in [0.2, 0.25) is 0 Å². The maximum Gasteiger partial charge on any atom is 0.190 e. The van der Waals surface area contributed by atoms with Gasteiger partial charge >= 0.3 is 0 Å². The van der Waals surface area contributed by atoms with Gasteiger partial charge in [-0.05, 0) is 6.42 Å². The van der Waals surface area contributed by atoms with Crippen LogP contribution in [0, 0.1) is 0 Å². The molecule has 0 aliphatic heterocycles. The monoisotopic (exact) mass is 396 g/mol. The second-order valence-electron chi connectivity index (χ2n) is 4.51. The predicted octanol–water partition coefficient (Wildman–Crippen LogP) is 3.00. The predicted molar refractivity (Wildman–Crippen MR) is 95.0 cm³/mol. The van der Waals surface area contributed by atoms with Crippen LogP contribution in [0.5, 0.6) is 0 Å². The molecule has 110 valence electrons. The number of nitrogens with zero attached hydrogens (tertiary/aromatic N) is 2. The van der Waals surface area contributed by atoms with Crippen LogP contribution in [-0.2, 0) is 6.42 Å². The maximum atomic E-state index is 4.61. The topological polar surface area (TPSA) is 49.3 Å². The summed E-state index contributed by atoms with van der Waals surface area (Å²) >= 11 is 1.75. The number of guanidine groups is 1. The number of rotatable bonds is 6. The van der Waals surface area contributed by atoms with Crippen molar-refractivity contribution in [3.05, 3.63) is 16.1 Å². The second-order valence-corrected chi connectivity index (χ2v) is 5.40. The average Bonchev–Trinajstić information content (AvgIpc) is 2.82. The van der Waals surface area contributed by atoms with E-state index in [1.54, 1.807) is 18.4 Å². The third-order valence-corrected chi connectivity index (χ3v) is 3.70. The first-order valence-electron chi connectivity index (χ1n) is 6.56. The third kappa shape index (κ3) is 7.10. The lowest BCUT2D eigenvalue weighted by atomic mass is 10.2. The summed E-state index contributed by atoms with van der Waals surface area (Å²) in [6.45, 7) is 8.32. The van der Waals surface area contributed by atoms with Gasteiger partial charge < -0.3 is 10.6 Å². The van der Waals surface area contributed by atoms with Gasteiger partial charge in [-0.3, -0.25) is 4.99 Å². The van der Waals surface area contributed by atoms with Gasteiger partial charge in [0, 0.05) is 37.9 Å². The van der Waals surface area contributed by atoms with Gasteiger partial charge in [-0.25, -0.2) is 4.98 Å². The molecule has 1 heterocycles. The summed E-state index contributed by atoms with van der Waals surface area (Å²) in [4.78, 5) is 8.78. The van der Waals surface area contributed by atoms with Crippen molar-refractivity contribution in [2.24, 2.45) is 4.99 Å². The summed E-state index contributed by atoms with van der Waals surface area (Å²) < 4.78 is 0. The Kier molecular flexibility index (Phi) is 10.2. The van der Waals surface area contributed by atoms with Crippen molar-refractivity contribution < 1.29 is 0 Å². The summed E-state index contributed by atoms with van der Waals surface area (Å²) in [6, 6.07) is 0. The van der Waals surface area contributed by atoms with Gasteiger partial charge in [-0.15, -0.1) is 35.3 Å². The zero-order chi connectivity index (χ0) is 13.4. The van der Waals surface area contributed by atoms with Crippen LogP contribution in [0.4, 0.5) is 0 Å². The van der Waals surface area contributed by atoms with E-state index in [-0.39, 0.29) is 24.0 Å². The number of aliphatic imine (C=N–C) groups is 1. The van der Waals surface area contributed by atoms with Crippen LogP contribution in [0.25, 0.3) is 0 Å². The Morgan fingerprint density at radius 3 is 2.58 bits per heavy atom. The Hall–Kier alpha value is -0.370. The summed E-state index contributed by atoms with van der Waals surface area (Å²) in [5, 5.41) is 9.92. The molecular weight excluding hydrogens is 371 g/mol. The minimum Gasteiger partial charge on any atom is -0.356 e. The van der Waals surface area contributed by atoms with Gasteiger partial charge in [0.2, 0.25) is 0 Å². The molecule has 0 atom stereocenters. The molecule has 0 saturated heterocycles. The van der Waals surface area contributed by atoms with Crippen LogP contribution in [0.15, 0.2) is 10.4 Å². The molecule has 2 N–H and O–H groups in total. The van der Waals surface area contributed by atoms with E-state index in [0.717, 1.165) is 31.9 Å². The van der Waals surface area contributed by atoms with Crippen LogP contribution in [-0.4, -0.2) is 31.1 Å². The Balaban J connectivity index is 0.00000324. The van der Waals surface area contributed by atoms with Gasteiger partial charge in [0.1, 0.15) is 0 Å². The molecule has 6 heteroatoms. The third-order valence-electron chi connectivity index (χ3n) is 2.50. The summed E-state index contributed by atoms with van der Waals surface area (Å²) in [5.74, 6) is 1.40. The molecule has 0 spiro atoms. The molecule has 19 heavy (non-hydrogen) atoms.